The zero-order valence-corrected chi connectivity index (χ0v) is 16.4. The fourth-order valence-electron chi connectivity index (χ4n) is 2.57. The van der Waals surface area contributed by atoms with Crippen LogP contribution in [0.2, 0.25) is 5.02 Å². The van der Waals surface area contributed by atoms with E-state index in [9.17, 15) is 25.0 Å². The van der Waals surface area contributed by atoms with Crippen LogP contribution in [0.4, 0.5) is 21.9 Å². The van der Waals surface area contributed by atoms with Gasteiger partial charge in [0.15, 0.2) is 0 Å². The van der Waals surface area contributed by atoms with Crippen molar-refractivity contribution in [1.82, 2.24) is 0 Å². The van der Waals surface area contributed by atoms with Crippen molar-refractivity contribution in [3.63, 3.8) is 0 Å². The lowest BCUT2D eigenvalue weighted by Gasteiger charge is -2.22. The molecule has 2 aromatic rings. The van der Waals surface area contributed by atoms with Crippen molar-refractivity contribution in [1.29, 1.82) is 0 Å². The highest BCUT2D eigenvalue weighted by Gasteiger charge is 2.35. The van der Waals surface area contributed by atoms with E-state index in [1.165, 1.54) is 25.1 Å². The van der Waals surface area contributed by atoms with Crippen LogP contribution < -0.4 is 10.1 Å². The minimum atomic E-state index is -0.968. The molecule has 1 amide bonds. The van der Waals surface area contributed by atoms with Crippen molar-refractivity contribution >= 4 is 34.8 Å². The summed E-state index contributed by atoms with van der Waals surface area (Å²) in [5.41, 5.74) is -1.46. The first kappa shape index (κ1) is 21.1. The van der Waals surface area contributed by atoms with Gasteiger partial charge in [-0.15, -0.1) is 0 Å². The molecule has 0 aromatic heterocycles. The van der Waals surface area contributed by atoms with Gasteiger partial charge in [0.05, 0.1) is 9.85 Å². The lowest BCUT2D eigenvalue weighted by molar-refractivity contribution is -0.395. The summed E-state index contributed by atoms with van der Waals surface area (Å²) >= 11 is 5.79. The molecule has 1 N–H and O–H groups in total. The van der Waals surface area contributed by atoms with Crippen LogP contribution in [0.1, 0.15) is 31.9 Å². The number of anilines is 1. The monoisotopic (exact) mass is 407 g/mol. The first-order chi connectivity index (χ1) is 12.9. The van der Waals surface area contributed by atoms with Crippen LogP contribution in [-0.2, 0) is 5.41 Å². The lowest BCUT2D eigenvalue weighted by Crippen LogP contribution is -2.22. The Bertz CT molecular complexity index is 951. The van der Waals surface area contributed by atoms with Crippen LogP contribution in [0.25, 0.3) is 0 Å². The summed E-state index contributed by atoms with van der Waals surface area (Å²) < 4.78 is 5.27. The quantitative estimate of drug-likeness (QED) is 0.536. The van der Waals surface area contributed by atoms with Crippen LogP contribution in [0.15, 0.2) is 30.3 Å². The van der Waals surface area contributed by atoms with E-state index in [1.807, 2.05) is 0 Å². The Hall–Kier alpha value is -3.20. The number of carbonyl (C=O) groups is 1. The summed E-state index contributed by atoms with van der Waals surface area (Å²) in [6, 6.07) is 7.37. The highest BCUT2D eigenvalue weighted by atomic mass is 35.5. The van der Waals surface area contributed by atoms with Gasteiger partial charge in [0.25, 0.3) is 5.69 Å². The SMILES string of the molecule is Cc1c([N+](=O)[O-])cc(C(C)(C)C)c(OC(=O)Nc2ccc(Cl)cc2)c1[N+](=O)[O-]. The topological polar surface area (TPSA) is 125 Å². The molecule has 0 spiro atoms. The Kier molecular flexibility index (Phi) is 5.89. The molecule has 9 nitrogen and oxygen atoms in total. The molecule has 2 aromatic carbocycles. The minimum Gasteiger partial charge on any atom is -0.402 e. The average molecular weight is 408 g/mol. The third-order valence-corrected chi connectivity index (χ3v) is 4.20. The Balaban J connectivity index is 2.55. The number of benzene rings is 2. The molecule has 2 rings (SSSR count). The van der Waals surface area contributed by atoms with E-state index in [2.05, 4.69) is 5.32 Å². The molecule has 0 unspecified atom stereocenters. The number of carbonyl (C=O) groups excluding carboxylic acids is 1. The standard InChI is InChI=1S/C18H18ClN3O6/c1-10-14(21(24)25)9-13(18(2,3)4)16(15(10)22(26)27)28-17(23)20-12-7-5-11(19)6-8-12/h5-9H,1-4H3,(H,20,23). The van der Waals surface area contributed by atoms with Gasteiger partial charge < -0.3 is 4.74 Å². The van der Waals surface area contributed by atoms with Gasteiger partial charge in [-0.2, -0.15) is 0 Å². The fraction of sp³-hybridized carbons (Fsp3) is 0.278. The number of nitro benzene ring substituents is 2. The summed E-state index contributed by atoms with van der Waals surface area (Å²) in [5.74, 6) is -0.327. The zero-order chi connectivity index (χ0) is 21.2. The third-order valence-electron chi connectivity index (χ3n) is 3.95. The number of nitro groups is 2. The molecule has 0 heterocycles. The van der Waals surface area contributed by atoms with E-state index in [-0.39, 0.29) is 16.9 Å². The molecule has 0 aliphatic heterocycles. The molecule has 0 saturated heterocycles. The molecule has 28 heavy (non-hydrogen) atoms. The Labute approximate surface area is 165 Å². The molecule has 0 fully saturated rings. The number of rotatable bonds is 4. The number of hydrogen-bond donors (Lipinski definition) is 1. The van der Waals surface area contributed by atoms with Crippen LogP contribution in [-0.4, -0.2) is 15.9 Å². The van der Waals surface area contributed by atoms with Crippen molar-refractivity contribution < 1.29 is 19.4 Å². The summed E-state index contributed by atoms with van der Waals surface area (Å²) in [6.07, 6.45) is -0.968. The second kappa shape index (κ2) is 7.81. The van der Waals surface area contributed by atoms with Crippen molar-refractivity contribution in [2.24, 2.45) is 0 Å². The molecular formula is C18H18ClN3O6. The van der Waals surface area contributed by atoms with Gasteiger partial charge in [-0.1, -0.05) is 32.4 Å². The molecular weight excluding hydrogens is 390 g/mol. The van der Waals surface area contributed by atoms with Crippen LogP contribution in [0, 0.1) is 27.2 Å². The third kappa shape index (κ3) is 4.55. The van der Waals surface area contributed by atoms with Gasteiger partial charge in [-0.3, -0.25) is 25.5 Å². The van der Waals surface area contributed by atoms with Crippen LogP contribution in [0.5, 0.6) is 5.75 Å². The highest BCUT2D eigenvalue weighted by Crippen LogP contribution is 2.44. The van der Waals surface area contributed by atoms with Gasteiger partial charge in [-0.05, 0) is 36.6 Å². The predicted molar refractivity (Wildman–Crippen MR) is 104 cm³/mol. The van der Waals surface area contributed by atoms with Crippen molar-refractivity contribution in [3.05, 3.63) is 66.7 Å². The average Bonchev–Trinajstić information content (AvgIpc) is 2.55. The maximum absolute atomic E-state index is 12.3. The zero-order valence-electron chi connectivity index (χ0n) is 15.6. The molecule has 0 aliphatic carbocycles. The smallest absolute Gasteiger partial charge is 0.402 e. The maximum atomic E-state index is 12.3. The Morgan fingerprint density at radius 1 is 1.11 bits per heavy atom. The lowest BCUT2D eigenvalue weighted by atomic mass is 9.84. The molecule has 148 valence electrons. The molecule has 0 saturated carbocycles. The number of nitrogens with one attached hydrogen (secondary N) is 1. The van der Waals surface area contributed by atoms with Crippen molar-refractivity contribution in [3.8, 4) is 5.75 Å². The van der Waals surface area contributed by atoms with E-state index >= 15 is 0 Å². The normalized spacial score (nSPS) is 11.0. The molecule has 0 atom stereocenters. The first-order valence-electron chi connectivity index (χ1n) is 8.13. The molecule has 0 bridgehead atoms. The van der Waals surface area contributed by atoms with Crippen LogP contribution >= 0.6 is 11.6 Å². The minimum absolute atomic E-state index is 0.169. The first-order valence-corrected chi connectivity index (χ1v) is 8.51. The van der Waals surface area contributed by atoms with Crippen molar-refractivity contribution in [2.75, 3.05) is 5.32 Å². The summed E-state index contributed by atoms with van der Waals surface area (Å²) in [7, 11) is 0. The van der Waals surface area contributed by atoms with E-state index in [1.54, 1.807) is 32.9 Å². The van der Waals surface area contributed by atoms with Crippen LogP contribution in [0.3, 0.4) is 0 Å². The number of nitrogens with zero attached hydrogens (tertiary/aromatic N) is 2. The van der Waals surface area contributed by atoms with E-state index in [0.29, 0.717) is 10.7 Å². The predicted octanol–water partition coefficient (Wildman–Crippen LogP) is 5.37. The maximum Gasteiger partial charge on any atom is 0.417 e. The van der Waals surface area contributed by atoms with E-state index in [0.717, 1.165) is 0 Å². The fourth-order valence-corrected chi connectivity index (χ4v) is 2.69. The number of hydrogen-bond acceptors (Lipinski definition) is 6. The van der Waals surface area contributed by atoms with Gasteiger partial charge in [0.2, 0.25) is 5.75 Å². The molecule has 10 heteroatoms. The van der Waals surface area contributed by atoms with Gasteiger partial charge in [0.1, 0.15) is 5.56 Å². The van der Waals surface area contributed by atoms with Crippen molar-refractivity contribution in [2.45, 2.75) is 33.1 Å². The van der Waals surface area contributed by atoms with Gasteiger partial charge >= 0.3 is 11.8 Å². The second-order valence-corrected chi connectivity index (χ2v) is 7.47. The highest BCUT2D eigenvalue weighted by molar-refractivity contribution is 6.30. The van der Waals surface area contributed by atoms with Gasteiger partial charge in [0, 0.05) is 22.3 Å². The van der Waals surface area contributed by atoms with E-state index in [4.69, 9.17) is 16.3 Å². The number of halogens is 1. The van der Waals surface area contributed by atoms with E-state index < -0.39 is 32.7 Å². The Morgan fingerprint density at radius 3 is 2.14 bits per heavy atom. The Morgan fingerprint density at radius 2 is 1.68 bits per heavy atom. The number of amides is 1. The number of ether oxygens (including phenoxy) is 1. The largest absolute Gasteiger partial charge is 0.417 e. The molecule has 0 radical (unpaired) electrons. The summed E-state index contributed by atoms with van der Waals surface area (Å²) in [4.78, 5) is 33.8. The summed E-state index contributed by atoms with van der Waals surface area (Å²) in [5, 5.41) is 25.9. The van der Waals surface area contributed by atoms with Gasteiger partial charge in [-0.25, -0.2) is 4.79 Å². The molecule has 0 aliphatic rings. The summed E-state index contributed by atoms with van der Waals surface area (Å²) in [6.45, 7) is 6.35. The second-order valence-electron chi connectivity index (χ2n) is 7.03.